The molecule has 1 aromatic rings. The van der Waals surface area contributed by atoms with Gasteiger partial charge in [-0.2, -0.15) is 0 Å². The van der Waals surface area contributed by atoms with Gasteiger partial charge in [-0.15, -0.1) is 0 Å². The van der Waals surface area contributed by atoms with Gasteiger partial charge in [0.1, 0.15) is 11.8 Å². The summed E-state index contributed by atoms with van der Waals surface area (Å²) in [4.78, 5) is 11.5. The molecule has 1 unspecified atom stereocenters. The number of hydrogen-bond acceptors (Lipinski definition) is 3. The van der Waals surface area contributed by atoms with Crippen LogP contribution in [-0.4, -0.2) is 17.1 Å². The number of phenols is 1. The second-order valence-electron chi connectivity index (χ2n) is 4.78. The van der Waals surface area contributed by atoms with Gasteiger partial charge < -0.3 is 10.8 Å². The molecule has 1 aromatic carbocycles. The van der Waals surface area contributed by atoms with Crippen LogP contribution in [0.1, 0.15) is 35.6 Å². The van der Waals surface area contributed by atoms with Crippen molar-refractivity contribution in [2.24, 2.45) is 5.73 Å². The van der Waals surface area contributed by atoms with Crippen LogP contribution >= 0.6 is 0 Å². The average molecular weight is 234 g/mol. The molecule has 0 heterocycles. The number of amides is 1. The molecule has 1 amide bonds. The fourth-order valence-corrected chi connectivity index (χ4v) is 1.98. The second-order valence-corrected chi connectivity index (χ2v) is 4.78. The molecule has 0 spiro atoms. The molecule has 1 aliphatic carbocycles. The smallest absolute Gasteiger partial charge is 0.239 e. The Labute approximate surface area is 101 Å². The summed E-state index contributed by atoms with van der Waals surface area (Å²) in [5, 5.41) is 12.9. The molecule has 2 rings (SSSR count). The van der Waals surface area contributed by atoms with E-state index in [1.54, 1.807) is 0 Å². The standard InChI is InChI=1S/C13H18N2O2/c1-7-5-9(6-8(2)12(7)16)11(13(14)17)15-10-3-4-10/h5-6,10-11,15-16H,3-4H2,1-2H3,(H2,14,17). The van der Waals surface area contributed by atoms with E-state index in [9.17, 15) is 9.90 Å². The maximum absolute atomic E-state index is 11.5. The molecule has 17 heavy (non-hydrogen) atoms. The molecule has 92 valence electrons. The largest absolute Gasteiger partial charge is 0.507 e. The van der Waals surface area contributed by atoms with Crippen LogP contribution in [0.3, 0.4) is 0 Å². The zero-order valence-electron chi connectivity index (χ0n) is 10.2. The molecule has 0 aliphatic heterocycles. The van der Waals surface area contributed by atoms with E-state index in [-0.39, 0.29) is 11.7 Å². The summed E-state index contributed by atoms with van der Waals surface area (Å²) in [6, 6.07) is 3.57. The van der Waals surface area contributed by atoms with Crippen molar-refractivity contribution in [2.75, 3.05) is 0 Å². The van der Waals surface area contributed by atoms with Crippen molar-refractivity contribution >= 4 is 5.91 Å². The van der Waals surface area contributed by atoms with E-state index >= 15 is 0 Å². The minimum Gasteiger partial charge on any atom is -0.507 e. The number of carbonyl (C=O) groups is 1. The summed E-state index contributed by atoms with van der Waals surface area (Å²) in [5.74, 6) is -0.0928. The third kappa shape index (κ3) is 2.58. The number of aryl methyl sites for hydroxylation is 2. The summed E-state index contributed by atoms with van der Waals surface area (Å²) >= 11 is 0. The maximum atomic E-state index is 11.5. The van der Waals surface area contributed by atoms with E-state index in [0.717, 1.165) is 29.5 Å². The van der Waals surface area contributed by atoms with Gasteiger partial charge in [0.15, 0.2) is 0 Å². The third-order valence-corrected chi connectivity index (χ3v) is 3.11. The Bertz CT molecular complexity index is 430. The number of phenolic OH excluding ortho intramolecular Hbond substituents is 1. The number of hydrogen-bond donors (Lipinski definition) is 3. The van der Waals surface area contributed by atoms with Gasteiger partial charge in [-0.05, 0) is 43.4 Å². The van der Waals surface area contributed by atoms with Crippen molar-refractivity contribution < 1.29 is 9.90 Å². The average Bonchev–Trinajstić information content (AvgIpc) is 3.05. The van der Waals surface area contributed by atoms with Crippen LogP contribution in [0.2, 0.25) is 0 Å². The van der Waals surface area contributed by atoms with Crippen LogP contribution in [0.25, 0.3) is 0 Å². The summed E-state index contributed by atoms with van der Waals surface area (Å²) in [5.41, 5.74) is 7.78. The number of carbonyl (C=O) groups excluding carboxylic acids is 1. The fourth-order valence-electron chi connectivity index (χ4n) is 1.98. The molecule has 1 saturated carbocycles. The lowest BCUT2D eigenvalue weighted by Crippen LogP contribution is -2.35. The Kier molecular flexibility index (Phi) is 3.07. The normalized spacial score (nSPS) is 16.8. The lowest BCUT2D eigenvalue weighted by atomic mass is 9.99. The molecule has 4 nitrogen and oxygen atoms in total. The van der Waals surface area contributed by atoms with Gasteiger partial charge in [0.2, 0.25) is 5.91 Å². The number of aromatic hydroxyl groups is 1. The predicted molar refractivity (Wildman–Crippen MR) is 65.7 cm³/mol. The number of rotatable bonds is 4. The van der Waals surface area contributed by atoms with E-state index in [1.807, 2.05) is 26.0 Å². The van der Waals surface area contributed by atoms with Gasteiger partial charge in [0.05, 0.1) is 0 Å². The quantitative estimate of drug-likeness (QED) is 0.734. The van der Waals surface area contributed by atoms with E-state index in [1.165, 1.54) is 0 Å². The molecule has 0 radical (unpaired) electrons. The Morgan fingerprint density at radius 1 is 1.41 bits per heavy atom. The summed E-state index contributed by atoms with van der Waals surface area (Å²) in [6.07, 6.45) is 2.19. The van der Waals surface area contributed by atoms with Gasteiger partial charge in [-0.3, -0.25) is 10.1 Å². The van der Waals surface area contributed by atoms with Crippen molar-refractivity contribution in [1.82, 2.24) is 5.32 Å². The Balaban J connectivity index is 2.31. The van der Waals surface area contributed by atoms with Crippen molar-refractivity contribution in [1.29, 1.82) is 0 Å². The number of benzene rings is 1. The summed E-state index contributed by atoms with van der Waals surface area (Å²) in [7, 11) is 0. The molecule has 0 aromatic heterocycles. The van der Waals surface area contributed by atoms with E-state index in [0.29, 0.717) is 6.04 Å². The molecule has 4 heteroatoms. The molecule has 1 aliphatic rings. The Morgan fingerprint density at radius 3 is 2.35 bits per heavy atom. The minimum atomic E-state index is -0.458. The van der Waals surface area contributed by atoms with Crippen LogP contribution in [0.5, 0.6) is 5.75 Å². The van der Waals surface area contributed by atoms with Crippen LogP contribution in [-0.2, 0) is 4.79 Å². The first-order chi connectivity index (χ1) is 7.99. The molecule has 4 N–H and O–H groups in total. The first-order valence-corrected chi connectivity index (χ1v) is 5.84. The highest BCUT2D eigenvalue weighted by Crippen LogP contribution is 2.28. The van der Waals surface area contributed by atoms with Gasteiger partial charge >= 0.3 is 0 Å². The first-order valence-electron chi connectivity index (χ1n) is 5.84. The maximum Gasteiger partial charge on any atom is 0.239 e. The van der Waals surface area contributed by atoms with Gasteiger partial charge in [0.25, 0.3) is 0 Å². The van der Waals surface area contributed by atoms with Crippen molar-refractivity contribution in [3.05, 3.63) is 28.8 Å². The summed E-state index contributed by atoms with van der Waals surface area (Å²) in [6.45, 7) is 3.64. The molecule has 0 bridgehead atoms. The van der Waals surface area contributed by atoms with Crippen LogP contribution in [0, 0.1) is 13.8 Å². The highest BCUT2D eigenvalue weighted by Gasteiger charge is 2.28. The number of nitrogens with two attached hydrogens (primary N) is 1. The SMILES string of the molecule is Cc1cc(C(NC2CC2)C(N)=O)cc(C)c1O. The second kappa shape index (κ2) is 4.37. The lowest BCUT2D eigenvalue weighted by molar-refractivity contribution is -0.120. The van der Waals surface area contributed by atoms with Crippen molar-refractivity contribution in [3.8, 4) is 5.75 Å². The van der Waals surface area contributed by atoms with E-state index in [4.69, 9.17) is 5.73 Å². The third-order valence-electron chi connectivity index (χ3n) is 3.11. The Morgan fingerprint density at radius 2 is 1.94 bits per heavy atom. The molecule has 0 saturated heterocycles. The molecular formula is C13H18N2O2. The van der Waals surface area contributed by atoms with Crippen LogP contribution in [0.4, 0.5) is 0 Å². The first kappa shape index (κ1) is 11.9. The van der Waals surface area contributed by atoms with E-state index in [2.05, 4.69) is 5.32 Å². The van der Waals surface area contributed by atoms with Crippen LogP contribution in [0.15, 0.2) is 12.1 Å². The van der Waals surface area contributed by atoms with Gasteiger partial charge in [-0.1, -0.05) is 12.1 Å². The highest BCUT2D eigenvalue weighted by atomic mass is 16.3. The van der Waals surface area contributed by atoms with Gasteiger partial charge in [-0.25, -0.2) is 0 Å². The fraction of sp³-hybridized carbons (Fsp3) is 0.462. The number of nitrogens with one attached hydrogen (secondary N) is 1. The van der Waals surface area contributed by atoms with Crippen molar-refractivity contribution in [3.63, 3.8) is 0 Å². The van der Waals surface area contributed by atoms with Crippen molar-refractivity contribution in [2.45, 2.75) is 38.8 Å². The lowest BCUT2D eigenvalue weighted by Gasteiger charge is -2.17. The zero-order chi connectivity index (χ0) is 12.6. The number of primary amides is 1. The topological polar surface area (TPSA) is 75.3 Å². The van der Waals surface area contributed by atoms with Crippen LogP contribution < -0.4 is 11.1 Å². The predicted octanol–water partition coefficient (Wildman–Crippen LogP) is 1.29. The van der Waals surface area contributed by atoms with E-state index < -0.39 is 6.04 Å². The minimum absolute atomic E-state index is 0.281. The molecular weight excluding hydrogens is 216 g/mol. The summed E-state index contributed by atoms with van der Waals surface area (Å²) < 4.78 is 0. The van der Waals surface area contributed by atoms with Gasteiger partial charge in [0, 0.05) is 6.04 Å². The Hall–Kier alpha value is -1.55. The highest BCUT2D eigenvalue weighted by molar-refractivity contribution is 5.81. The molecule has 1 atom stereocenters. The monoisotopic (exact) mass is 234 g/mol. The molecule has 1 fully saturated rings. The zero-order valence-corrected chi connectivity index (χ0v) is 10.2.